The van der Waals surface area contributed by atoms with Gasteiger partial charge < -0.3 is 4.74 Å². The molecule has 0 spiro atoms. The Morgan fingerprint density at radius 2 is 0.919 bits per heavy atom. The molecule has 0 bridgehead atoms. The topological polar surface area (TPSA) is 47.9 Å². The van der Waals surface area contributed by atoms with Gasteiger partial charge in [-0.1, -0.05) is 97.1 Å². The molecular formula is C33H19N3O. The molecule has 4 heteroatoms. The molecule has 172 valence electrons. The Kier molecular flexibility index (Phi) is 4.19. The van der Waals surface area contributed by atoms with Gasteiger partial charge in [0.15, 0.2) is 17.5 Å². The Bertz CT molecular complexity index is 1940. The number of rotatable bonds is 3. The molecule has 0 N–H and O–H groups in total. The van der Waals surface area contributed by atoms with Gasteiger partial charge in [-0.05, 0) is 34.4 Å². The van der Waals surface area contributed by atoms with Crippen LogP contribution in [0, 0.1) is 0 Å². The van der Waals surface area contributed by atoms with E-state index in [-0.39, 0.29) is 0 Å². The summed E-state index contributed by atoms with van der Waals surface area (Å²) in [6, 6.07) is 39.2. The van der Waals surface area contributed by atoms with E-state index in [0.717, 1.165) is 39.0 Å². The van der Waals surface area contributed by atoms with Crippen molar-refractivity contribution in [3.63, 3.8) is 0 Å². The predicted molar refractivity (Wildman–Crippen MR) is 149 cm³/mol. The number of benzene rings is 6. The molecule has 0 fully saturated rings. The first kappa shape index (κ1) is 20.1. The van der Waals surface area contributed by atoms with Crippen molar-refractivity contribution in [3.05, 3.63) is 115 Å². The van der Waals surface area contributed by atoms with Crippen molar-refractivity contribution in [2.45, 2.75) is 0 Å². The molecule has 0 aliphatic carbocycles. The van der Waals surface area contributed by atoms with Crippen LogP contribution in [0.4, 0.5) is 0 Å². The van der Waals surface area contributed by atoms with Crippen LogP contribution in [-0.2, 0) is 0 Å². The fourth-order valence-corrected chi connectivity index (χ4v) is 5.34. The third-order valence-electron chi connectivity index (χ3n) is 7.04. The highest BCUT2D eigenvalue weighted by Crippen LogP contribution is 2.48. The molecule has 0 radical (unpaired) electrons. The second-order valence-corrected chi connectivity index (χ2v) is 9.30. The van der Waals surface area contributed by atoms with Crippen LogP contribution in [0.15, 0.2) is 115 Å². The van der Waals surface area contributed by atoms with E-state index in [2.05, 4.69) is 42.5 Å². The van der Waals surface area contributed by atoms with Crippen LogP contribution in [0.1, 0.15) is 0 Å². The van der Waals surface area contributed by atoms with Crippen molar-refractivity contribution in [2.75, 3.05) is 0 Å². The van der Waals surface area contributed by atoms with E-state index in [4.69, 9.17) is 19.7 Å². The monoisotopic (exact) mass is 473 g/mol. The van der Waals surface area contributed by atoms with Gasteiger partial charge in [0.2, 0.25) is 0 Å². The van der Waals surface area contributed by atoms with Crippen LogP contribution in [0.3, 0.4) is 0 Å². The largest absolute Gasteiger partial charge is 0.456 e. The molecule has 0 unspecified atom stereocenters. The van der Waals surface area contributed by atoms with Crippen LogP contribution >= 0.6 is 0 Å². The minimum Gasteiger partial charge on any atom is -0.456 e. The second kappa shape index (κ2) is 7.70. The van der Waals surface area contributed by atoms with Crippen LogP contribution in [0.5, 0.6) is 11.5 Å². The molecule has 4 nitrogen and oxygen atoms in total. The van der Waals surface area contributed by atoms with Gasteiger partial charge in [0.1, 0.15) is 11.5 Å². The van der Waals surface area contributed by atoms with Crippen molar-refractivity contribution in [1.82, 2.24) is 15.0 Å². The maximum absolute atomic E-state index is 6.51. The first-order valence-corrected chi connectivity index (χ1v) is 12.3. The average molecular weight is 474 g/mol. The van der Waals surface area contributed by atoms with Crippen LogP contribution < -0.4 is 4.74 Å². The summed E-state index contributed by atoms with van der Waals surface area (Å²) in [7, 11) is 0. The summed E-state index contributed by atoms with van der Waals surface area (Å²) in [6.07, 6.45) is 0. The van der Waals surface area contributed by atoms with E-state index >= 15 is 0 Å². The maximum Gasteiger partial charge on any atom is 0.164 e. The van der Waals surface area contributed by atoms with Crippen molar-refractivity contribution in [2.24, 2.45) is 0 Å². The van der Waals surface area contributed by atoms with Gasteiger partial charge in [0.25, 0.3) is 0 Å². The zero-order chi connectivity index (χ0) is 24.3. The highest BCUT2D eigenvalue weighted by molar-refractivity contribution is 6.25. The Morgan fingerprint density at radius 1 is 0.378 bits per heavy atom. The first-order valence-electron chi connectivity index (χ1n) is 12.3. The van der Waals surface area contributed by atoms with Crippen molar-refractivity contribution < 1.29 is 4.74 Å². The zero-order valence-corrected chi connectivity index (χ0v) is 19.7. The summed E-state index contributed by atoms with van der Waals surface area (Å²) in [6.45, 7) is 0. The van der Waals surface area contributed by atoms with Gasteiger partial charge in [-0.25, -0.2) is 15.0 Å². The van der Waals surface area contributed by atoms with E-state index in [9.17, 15) is 0 Å². The summed E-state index contributed by atoms with van der Waals surface area (Å²) < 4.78 is 6.51. The molecule has 6 aromatic carbocycles. The van der Waals surface area contributed by atoms with Gasteiger partial charge >= 0.3 is 0 Å². The van der Waals surface area contributed by atoms with Gasteiger partial charge in [-0.3, -0.25) is 0 Å². The molecule has 7 aromatic rings. The van der Waals surface area contributed by atoms with Crippen LogP contribution in [0.25, 0.3) is 66.5 Å². The lowest BCUT2D eigenvalue weighted by atomic mass is 9.92. The fourth-order valence-electron chi connectivity index (χ4n) is 5.34. The molecule has 1 aliphatic heterocycles. The molecule has 1 aromatic heterocycles. The summed E-state index contributed by atoms with van der Waals surface area (Å²) in [5.41, 5.74) is 2.79. The normalized spacial score (nSPS) is 12.0. The number of aromatic nitrogens is 3. The SMILES string of the molecule is c1ccc(-c2nc(-c3ccccc3)nc(-c3cc4c5c(ccc6ccc7cccc(c7c65)O4)c3)n2)cc1. The third kappa shape index (κ3) is 3.13. The summed E-state index contributed by atoms with van der Waals surface area (Å²) in [5.74, 6) is 3.61. The molecule has 2 heterocycles. The first-order chi connectivity index (χ1) is 18.3. The molecule has 0 saturated carbocycles. The Balaban J connectivity index is 1.40. The lowest BCUT2D eigenvalue weighted by Gasteiger charge is -2.21. The van der Waals surface area contributed by atoms with Crippen LogP contribution in [0.2, 0.25) is 0 Å². The van der Waals surface area contributed by atoms with E-state index in [1.54, 1.807) is 0 Å². The summed E-state index contributed by atoms with van der Waals surface area (Å²) >= 11 is 0. The van der Waals surface area contributed by atoms with E-state index in [1.165, 1.54) is 21.5 Å². The van der Waals surface area contributed by atoms with Gasteiger partial charge in [0.05, 0.1) is 0 Å². The third-order valence-corrected chi connectivity index (χ3v) is 7.04. The highest BCUT2D eigenvalue weighted by Gasteiger charge is 2.21. The van der Waals surface area contributed by atoms with E-state index in [0.29, 0.717) is 17.5 Å². The predicted octanol–water partition coefficient (Wildman–Crippen LogP) is 8.44. The molecular weight excluding hydrogens is 454 g/mol. The summed E-state index contributed by atoms with van der Waals surface area (Å²) in [5, 5.41) is 7.04. The lowest BCUT2D eigenvalue weighted by molar-refractivity contribution is 0.493. The fraction of sp³-hybridized carbons (Fsp3) is 0. The highest BCUT2D eigenvalue weighted by atomic mass is 16.5. The number of ether oxygens (including phenoxy) is 1. The van der Waals surface area contributed by atoms with Crippen LogP contribution in [-0.4, -0.2) is 15.0 Å². The minimum absolute atomic E-state index is 0.617. The number of hydrogen-bond donors (Lipinski definition) is 0. The van der Waals surface area contributed by atoms with Crippen molar-refractivity contribution in [3.8, 4) is 45.7 Å². The maximum atomic E-state index is 6.51. The Hall–Kier alpha value is -5.09. The van der Waals surface area contributed by atoms with Gasteiger partial charge in [0, 0.05) is 32.8 Å². The standard InChI is InChI=1S/C33H19N3O/c1-3-8-22(9-4-1)31-34-32(23-10-5-2-6-11-23)36-33(35-31)25-18-24-17-16-21-15-14-20-12-7-13-26-28(20)30(21)29(24)27(19-25)37-26/h1-19H. The molecule has 8 rings (SSSR count). The van der Waals surface area contributed by atoms with Crippen molar-refractivity contribution >= 4 is 32.3 Å². The molecule has 37 heavy (non-hydrogen) atoms. The van der Waals surface area contributed by atoms with Crippen molar-refractivity contribution in [1.29, 1.82) is 0 Å². The quantitative estimate of drug-likeness (QED) is 0.242. The summed E-state index contributed by atoms with van der Waals surface area (Å²) in [4.78, 5) is 14.7. The Morgan fingerprint density at radius 3 is 1.57 bits per heavy atom. The number of hydrogen-bond acceptors (Lipinski definition) is 4. The van der Waals surface area contributed by atoms with E-state index in [1.807, 2.05) is 72.8 Å². The average Bonchev–Trinajstić information content (AvgIpc) is 2.97. The Labute approximate surface area is 212 Å². The lowest BCUT2D eigenvalue weighted by Crippen LogP contribution is -2.01. The molecule has 0 amide bonds. The van der Waals surface area contributed by atoms with Gasteiger partial charge in [-0.15, -0.1) is 0 Å². The van der Waals surface area contributed by atoms with Gasteiger partial charge in [-0.2, -0.15) is 0 Å². The minimum atomic E-state index is 0.617. The second-order valence-electron chi connectivity index (χ2n) is 9.30. The van der Waals surface area contributed by atoms with E-state index < -0.39 is 0 Å². The molecule has 0 atom stereocenters. The number of nitrogens with zero attached hydrogens (tertiary/aromatic N) is 3. The smallest absolute Gasteiger partial charge is 0.164 e. The zero-order valence-electron chi connectivity index (χ0n) is 19.7. The molecule has 1 aliphatic rings. The molecule has 0 saturated heterocycles.